The Morgan fingerprint density at radius 1 is 1.47 bits per heavy atom. The molecule has 7 nitrogen and oxygen atoms in total. The highest BCUT2D eigenvalue weighted by molar-refractivity contribution is 7.89. The Morgan fingerprint density at radius 2 is 2.21 bits per heavy atom. The smallest absolute Gasteiger partial charge is 0.241 e. The zero-order chi connectivity index (χ0) is 14.0. The van der Waals surface area contributed by atoms with Gasteiger partial charge in [0.05, 0.1) is 11.4 Å². The molecule has 0 saturated heterocycles. The number of nitrogen functional groups attached to an aromatic ring is 1. The summed E-state index contributed by atoms with van der Waals surface area (Å²) in [4.78, 5) is 3.74. The molecule has 102 valence electrons. The molecule has 0 bridgehead atoms. The van der Waals surface area contributed by atoms with Gasteiger partial charge in [0.1, 0.15) is 0 Å². The molecule has 0 aliphatic heterocycles. The van der Waals surface area contributed by atoms with Gasteiger partial charge in [0, 0.05) is 10.7 Å². The van der Waals surface area contributed by atoms with Gasteiger partial charge in [-0.05, 0) is 24.6 Å². The van der Waals surface area contributed by atoms with Crippen LogP contribution < -0.4 is 10.5 Å². The van der Waals surface area contributed by atoms with E-state index < -0.39 is 10.0 Å². The van der Waals surface area contributed by atoms with Crippen molar-refractivity contribution in [1.29, 1.82) is 0 Å². The summed E-state index contributed by atoms with van der Waals surface area (Å²) in [6.07, 6.45) is 1.12. The molecular weight excluding hydrogens is 292 g/mol. The zero-order valence-electron chi connectivity index (χ0n) is 9.92. The maximum Gasteiger partial charge on any atom is 0.241 e. The summed E-state index contributed by atoms with van der Waals surface area (Å²) >= 11 is 5.82. The number of hydrogen-bond donors (Lipinski definition) is 2. The van der Waals surface area contributed by atoms with E-state index in [0.717, 1.165) is 6.39 Å². The van der Waals surface area contributed by atoms with Crippen molar-refractivity contribution in [2.75, 3.05) is 5.73 Å². The topological polar surface area (TPSA) is 111 Å². The van der Waals surface area contributed by atoms with Gasteiger partial charge in [-0.1, -0.05) is 16.8 Å². The summed E-state index contributed by atoms with van der Waals surface area (Å²) in [5.41, 5.74) is 6.44. The van der Waals surface area contributed by atoms with Crippen molar-refractivity contribution in [2.24, 2.45) is 0 Å². The van der Waals surface area contributed by atoms with E-state index in [4.69, 9.17) is 17.3 Å². The average Bonchev–Trinajstić information content (AvgIpc) is 2.84. The molecule has 0 aliphatic rings. The third-order valence-electron chi connectivity index (χ3n) is 2.48. The lowest BCUT2D eigenvalue weighted by Gasteiger charge is -2.10. The Kier molecular flexibility index (Phi) is 3.74. The van der Waals surface area contributed by atoms with E-state index >= 15 is 0 Å². The first kappa shape index (κ1) is 13.8. The van der Waals surface area contributed by atoms with E-state index in [-0.39, 0.29) is 22.3 Å². The van der Waals surface area contributed by atoms with Crippen LogP contribution in [0.3, 0.4) is 0 Å². The van der Waals surface area contributed by atoms with Crippen LogP contribution in [0.5, 0.6) is 0 Å². The maximum atomic E-state index is 12.1. The minimum atomic E-state index is -3.75. The van der Waals surface area contributed by atoms with Crippen molar-refractivity contribution in [3.05, 3.63) is 34.9 Å². The molecule has 19 heavy (non-hydrogen) atoms. The third kappa shape index (κ3) is 3.03. The van der Waals surface area contributed by atoms with Gasteiger partial charge in [-0.25, -0.2) is 13.1 Å². The Balaban J connectivity index is 2.29. The fourth-order valence-corrected chi connectivity index (χ4v) is 3.03. The van der Waals surface area contributed by atoms with E-state index in [2.05, 4.69) is 19.4 Å². The van der Waals surface area contributed by atoms with Crippen molar-refractivity contribution < 1.29 is 12.9 Å². The van der Waals surface area contributed by atoms with E-state index in [0.29, 0.717) is 11.3 Å². The number of rotatable bonds is 4. The lowest BCUT2D eigenvalue weighted by atomic mass is 10.2. The predicted octanol–water partition coefficient (Wildman–Crippen LogP) is 1.09. The van der Waals surface area contributed by atoms with Gasteiger partial charge in [0.25, 0.3) is 0 Å². The molecule has 0 aliphatic carbocycles. The average molecular weight is 303 g/mol. The van der Waals surface area contributed by atoms with Crippen molar-refractivity contribution >= 4 is 27.3 Å². The van der Waals surface area contributed by atoms with Gasteiger partial charge in [-0.15, -0.1) is 0 Å². The second-order valence-corrected chi connectivity index (χ2v) is 5.96. The van der Waals surface area contributed by atoms with Crippen LogP contribution in [0.15, 0.2) is 27.9 Å². The summed E-state index contributed by atoms with van der Waals surface area (Å²) < 4.78 is 31.1. The fraction of sp³-hybridized carbons (Fsp3) is 0.200. The van der Waals surface area contributed by atoms with E-state index in [1.165, 1.54) is 12.1 Å². The van der Waals surface area contributed by atoms with Gasteiger partial charge in [0.15, 0.2) is 5.82 Å². The Hall–Kier alpha value is -1.64. The molecule has 9 heteroatoms. The van der Waals surface area contributed by atoms with Crippen LogP contribution in [-0.4, -0.2) is 18.6 Å². The van der Waals surface area contributed by atoms with Crippen molar-refractivity contribution in [3.8, 4) is 0 Å². The largest absolute Gasteiger partial charge is 0.398 e. The highest BCUT2D eigenvalue weighted by Gasteiger charge is 2.19. The van der Waals surface area contributed by atoms with Gasteiger partial charge < -0.3 is 10.3 Å². The summed E-state index contributed by atoms with van der Waals surface area (Å²) in [6, 6.07) is 2.83. The lowest BCUT2D eigenvalue weighted by Crippen LogP contribution is -2.24. The highest BCUT2D eigenvalue weighted by atomic mass is 35.5. The number of nitrogens with two attached hydrogens (primary N) is 1. The number of aromatic nitrogens is 2. The van der Waals surface area contributed by atoms with Crippen LogP contribution in [0.25, 0.3) is 0 Å². The SMILES string of the molecule is Cc1c(N)cc(Cl)cc1S(=O)(=O)NCc1ncon1. The molecule has 1 aromatic carbocycles. The summed E-state index contributed by atoms with van der Waals surface area (Å²) in [6.45, 7) is 1.53. The third-order valence-corrected chi connectivity index (χ3v) is 4.23. The van der Waals surface area contributed by atoms with E-state index in [9.17, 15) is 8.42 Å². The van der Waals surface area contributed by atoms with Gasteiger partial charge in [-0.3, -0.25) is 0 Å². The zero-order valence-corrected chi connectivity index (χ0v) is 11.5. The molecule has 0 saturated carbocycles. The number of nitrogens with one attached hydrogen (secondary N) is 1. The van der Waals surface area contributed by atoms with E-state index in [1.54, 1.807) is 6.92 Å². The van der Waals surface area contributed by atoms with Crippen LogP contribution >= 0.6 is 11.6 Å². The highest BCUT2D eigenvalue weighted by Crippen LogP contribution is 2.25. The Labute approximate surface area is 114 Å². The maximum absolute atomic E-state index is 12.1. The summed E-state index contributed by atoms with van der Waals surface area (Å²) in [7, 11) is -3.75. The number of nitrogens with zero attached hydrogens (tertiary/aromatic N) is 2. The standard InChI is InChI=1S/C10H11ClN4O3S/c1-6-8(12)2-7(11)3-9(6)19(16,17)14-4-10-13-5-18-15-10/h2-3,5,14H,4,12H2,1H3. The fourth-order valence-electron chi connectivity index (χ4n) is 1.46. The number of hydrogen-bond acceptors (Lipinski definition) is 6. The van der Waals surface area contributed by atoms with Crippen molar-refractivity contribution in [3.63, 3.8) is 0 Å². The number of halogens is 1. The number of anilines is 1. The second-order valence-electron chi connectivity index (χ2n) is 3.79. The van der Waals surface area contributed by atoms with E-state index in [1.807, 2.05) is 0 Å². The molecule has 0 radical (unpaired) electrons. The minimum Gasteiger partial charge on any atom is -0.398 e. The lowest BCUT2D eigenvalue weighted by molar-refractivity contribution is 0.409. The van der Waals surface area contributed by atoms with Crippen LogP contribution in [0, 0.1) is 6.92 Å². The van der Waals surface area contributed by atoms with Crippen LogP contribution in [0.4, 0.5) is 5.69 Å². The van der Waals surface area contributed by atoms with Gasteiger partial charge >= 0.3 is 0 Å². The molecule has 3 N–H and O–H groups in total. The number of sulfonamides is 1. The Bertz CT molecular complexity index is 685. The molecule has 0 spiro atoms. The molecule has 1 aromatic heterocycles. The van der Waals surface area contributed by atoms with Crippen LogP contribution in [-0.2, 0) is 16.6 Å². The molecule has 0 amide bonds. The first-order valence-electron chi connectivity index (χ1n) is 5.20. The molecule has 0 fully saturated rings. The predicted molar refractivity (Wildman–Crippen MR) is 68.9 cm³/mol. The summed E-state index contributed by atoms with van der Waals surface area (Å²) in [5.74, 6) is 0.233. The first-order chi connectivity index (χ1) is 8.90. The quantitative estimate of drug-likeness (QED) is 0.818. The van der Waals surface area contributed by atoms with Crippen LogP contribution in [0.1, 0.15) is 11.4 Å². The van der Waals surface area contributed by atoms with Gasteiger partial charge in [0.2, 0.25) is 16.4 Å². The molecule has 0 atom stereocenters. The van der Waals surface area contributed by atoms with Crippen LogP contribution in [0.2, 0.25) is 5.02 Å². The normalized spacial score (nSPS) is 11.7. The molecule has 2 aromatic rings. The Morgan fingerprint density at radius 3 is 2.84 bits per heavy atom. The minimum absolute atomic E-state index is 0.0287. The second kappa shape index (κ2) is 5.16. The first-order valence-corrected chi connectivity index (χ1v) is 7.07. The van der Waals surface area contributed by atoms with Crippen molar-refractivity contribution in [1.82, 2.24) is 14.9 Å². The summed E-state index contributed by atoms with van der Waals surface area (Å²) in [5, 5.41) is 3.76. The molecule has 1 heterocycles. The molecular formula is C10H11ClN4O3S. The monoisotopic (exact) mass is 302 g/mol. The molecule has 0 unspecified atom stereocenters. The molecule has 2 rings (SSSR count). The van der Waals surface area contributed by atoms with Gasteiger partial charge in [-0.2, -0.15) is 4.98 Å². The van der Waals surface area contributed by atoms with Crippen molar-refractivity contribution in [2.45, 2.75) is 18.4 Å². The number of benzene rings is 1.